The van der Waals surface area contributed by atoms with Crippen molar-refractivity contribution in [1.82, 2.24) is 4.98 Å². The van der Waals surface area contributed by atoms with E-state index in [4.69, 9.17) is 26.8 Å². The fraction of sp³-hybridized carbons (Fsp3) is 0.182. The number of rotatable bonds is 3. The summed E-state index contributed by atoms with van der Waals surface area (Å²) >= 11 is 6.03. The van der Waals surface area contributed by atoms with E-state index in [9.17, 15) is 9.59 Å². The van der Waals surface area contributed by atoms with Gasteiger partial charge >= 0.3 is 5.97 Å². The second-order valence-corrected chi connectivity index (χ2v) is 7.27. The minimum Gasteiger partial charge on any atom is -0.462 e. The highest BCUT2D eigenvalue weighted by molar-refractivity contribution is 6.30. The van der Waals surface area contributed by atoms with Crippen molar-refractivity contribution in [2.24, 2.45) is 5.73 Å². The number of carbonyl (C=O) groups excluding carboxylic acids is 1. The second kappa shape index (κ2) is 7.29. The third-order valence-corrected chi connectivity index (χ3v) is 5.16. The third-order valence-electron chi connectivity index (χ3n) is 4.91. The van der Waals surface area contributed by atoms with Crippen LogP contribution in [0.15, 0.2) is 58.7 Å². The molecular formula is C22H19ClN2O4. The molecule has 0 radical (unpaired) electrons. The normalized spacial score (nSPS) is 15.8. The molecule has 0 aliphatic carbocycles. The van der Waals surface area contributed by atoms with Gasteiger partial charge in [-0.1, -0.05) is 35.4 Å². The number of hydrogen-bond donors (Lipinski definition) is 2. The number of esters is 1. The van der Waals surface area contributed by atoms with Crippen LogP contribution in [0.5, 0.6) is 5.75 Å². The number of benzene rings is 2. The van der Waals surface area contributed by atoms with Crippen LogP contribution in [-0.2, 0) is 9.53 Å². The molecule has 1 aliphatic rings. The van der Waals surface area contributed by atoms with Gasteiger partial charge in [0.25, 0.3) is 5.56 Å². The van der Waals surface area contributed by atoms with Crippen molar-refractivity contribution in [3.8, 4) is 5.75 Å². The molecule has 7 heteroatoms. The summed E-state index contributed by atoms with van der Waals surface area (Å²) < 4.78 is 11.0. The lowest BCUT2D eigenvalue weighted by molar-refractivity contribution is -0.139. The molecule has 1 aromatic heterocycles. The van der Waals surface area contributed by atoms with Gasteiger partial charge in [-0.15, -0.1) is 0 Å². The highest BCUT2D eigenvalue weighted by Crippen LogP contribution is 2.43. The Balaban J connectivity index is 2.05. The van der Waals surface area contributed by atoms with Crippen molar-refractivity contribution in [2.45, 2.75) is 19.8 Å². The lowest BCUT2D eigenvalue weighted by atomic mass is 9.83. The predicted octanol–water partition coefficient (Wildman–Crippen LogP) is 3.75. The number of pyridine rings is 1. The number of carbonyl (C=O) groups is 1. The number of nitrogens with one attached hydrogen (secondary N) is 1. The highest BCUT2D eigenvalue weighted by atomic mass is 35.5. The van der Waals surface area contributed by atoms with E-state index in [0.717, 1.165) is 5.56 Å². The van der Waals surface area contributed by atoms with E-state index >= 15 is 0 Å². The zero-order valence-corrected chi connectivity index (χ0v) is 16.7. The third kappa shape index (κ3) is 3.25. The molecule has 3 N–H and O–H groups in total. The zero-order chi connectivity index (χ0) is 20.7. The quantitative estimate of drug-likeness (QED) is 0.641. The van der Waals surface area contributed by atoms with Crippen molar-refractivity contribution in [1.29, 1.82) is 0 Å². The van der Waals surface area contributed by atoms with Gasteiger partial charge in [-0.05, 0) is 43.7 Å². The van der Waals surface area contributed by atoms with Gasteiger partial charge in [0.2, 0.25) is 5.88 Å². The van der Waals surface area contributed by atoms with Gasteiger partial charge in [0.15, 0.2) is 0 Å². The van der Waals surface area contributed by atoms with Gasteiger partial charge in [0, 0.05) is 10.4 Å². The Morgan fingerprint density at radius 3 is 2.66 bits per heavy atom. The van der Waals surface area contributed by atoms with Crippen molar-refractivity contribution >= 4 is 28.5 Å². The Labute approximate surface area is 171 Å². The number of aryl methyl sites for hydroxylation is 1. The molecule has 29 heavy (non-hydrogen) atoms. The number of fused-ring (bicyclic) bond motifs is 3. The first kappa shape index (κ1) is 19.1. The summed E-state index contributed by atoms with van der Waals surface area (Å²) in [6.45, 7) is 3.81. The summed E-state index contributed by atoms with van der Waals surface area (Å²) in [5, 5.41) is 1.25. The van der Waals surface area contributed by atoms with Crippen LogP contribution in [0.1, 0.15) is 29.5 Å². The molecule has 0 saturated carbocycles. The summed E-state index contributed by atoms with van der Waals surface area (Å²) in [5.74, 6) is -1.11. The summed E-state index contributed by atoms with van der Waals surface area (Å²) in [7, 11) is 0. The van der Waals surface area contributed by atoms with Gasteiger partial charge in [0.1, 0.15) is 11.3 Å². The Bertz CT molecular complexity index is 1210. The number of nitrogens with two attached hydrogens (primary N) is 1. The van der Waals surface area contributed by atoms with Gasteiger partial charge in [-0.2, -0.15) is 0 Å². The topological polar surface area (TPSA) is 94.4 Å². The van der Waals surface area contributed by atoms with E-state index in [1.54, 1.807) is 31.2 Å². The largest absolute Gasteiger partial charge is 0.462 e. The SMILES string of the molecule is CCOC(=O)C1=C(N)Oc2c(c(=O)[nH]c3ccc(C)cc23)C1c1ccc(Cl)cc1. The number of aromatic amines is 1. The van der Waals surface area contributed by atoms with Crippen molar-refractivity contribution in [3.05, 3.63) is 86.0 Å². The lowest BCUT2D eigenvalue weighted by Crippen LogP contribution is -2.32. The molecule has 1 aliphatic heterocycles. The number of ether oxygens (including phenoxy) is 2. The van der Waals surface area contributed by atoms with Crippen LogP contribution in [0.25, 0.3) is 10.9 Å². The molecule has 2 heterocycles. The maximum atomic E-state index is 13.1. The molecule has 0 fully saturated rings. The van der Waals surface area contributed by atoms with Crippen molar-refractivity contribution in [2.75, 3.05) is 6.61 Å². The van der Waals surface area contributed by atoms with Crippen LogP contribution in [0.4, 0.5) is 0 Å². The molecule has 1 atom stereocenters. The molecule has 0 amide bonds. The molecule has 2 aromatic carbocycles. The summed E-state index contributed by atoms with van der Waals surface area (Å²) in [5.41, 5.74) is 8.54. The number of halogens is 1. The van der Waals surface area contributed by atoms with E-state index < -0.39 is 11.9 Å². The molecule has 0 saturated heterocycles. The Morgan fingerprint density at radius 2 is 1.97 bits per heavy atom. The van der Waals surface area contributed by atoms with E-state index in [-0.39, 0.29) is 23.6 Å². The first-order chi connectivity index (χ1) is 13.9. The van der Waals surface area contributed by atoms with E-state index in [2.05, 4.69) is 4.98 Å². The monoisotopic (exact) mass is 410 g/mol. The summed E-state index contributed by atoms with van der Waals surface area (Å²) in [4.78, 5) is 28.7. The van der Waals surface area contributed by atoms with Gasteiger partial charge in [-0.3, -0.25) is 4.79 Å². The minimum atomic E-state index is -0.747. The average molecular weight is 411 g/mol. The molecule has 0 spiro atoms. The fourth-order valence-electron chi connectivity index (χ4n) is 3.63. The van der Waals surface area contributed by atoms with Crippen LogP contribution in [0.3, 0.4) is 0 Å². The second-order valence-electron chi connectivity index (χ2n) is 6.83. The molecular weight excluding hydrogens is 392 g/mol. The molecule has 3 aromatic rings. The lowest BCUT2D eigenvalue weighted by Gasteiger charge is -2.28. The average Bonchev–Trinajstić information content (AvgIpc) is 2.68. The molecule has 148 valence electrons. The van der Waals surface area contributed by atoms with Crippen LogP contribution in [-0.4, -0.2) is 17.6 Å². The molecule has 1 unspecified atom stereocenters. The molecule has 0 bridgehead atoms. The maximum absolute atomic E-state index is 13.1. The van der Waals surface area contributed by atoms with Crippen LogP contribution >= 0.6 is 11.6 Å². The van der Waals surface area contributed by atoms with Crippen LogP contribution in [0.2, 0.25) is 5.02 Å². The first-order valence-electron chi connectivity index (χ1n) is 9.17. The van der Waals surface area contributed by atoms with E-state index in [1.807, 2.05) is 25.1 Å². The highest BCUT2D eigenvalue weighted by Gasteiger charge is 2.38. The molecule has 6 nitrogen and oxygen atoms in total. The van der Waals surface area contributed by atoms with Gasteiger partial charge in [0.05, 0.1) is 23.6 Å². The molecule has 4 rings (SSSR count). The predicted molar refractivity (Wildman–Crippen MR) is 111 cm³/mol. The summed E-state index contributed by atoms with van der Waals surface area (Å²) in [6, 6.07) is 12.5. The van der Waals surface area contributed by atoms with E-state index in [0.29, 0.717) is 32.8 Å². The maximum Gasteiger partial charge on any atom is 0.340 e. The van der Waals surface area contributed by atoms with Crippen molar-refractivity contribution in [3.63, 3.8) is 0 Å². The Kier molecular flexibility index (Phi) is 4.80. The first-order valence-corrected chi connectivity index (χ1v) is 9.55. The Hall–Kier alpha value is -3.25. The Morgan fingerprint density at radius 1 is 1.24 bits per heavy atom. The van der Waals surface area contributed by atoms with Gasteiger partial charge < -0.3 is 20.2 Å². The number of H-pyrrole nitrogens is 1. The zero-order valence-electron chi connectivity index (χ0n) is 15.9. The number of hydrogen-bond acceptors (Lipinski definition) is 5. The van der Waals surface area contributed by atoms with Crippen LogP contribution < -0.4 is 16.0 Å². The van der Waals surface area contributed by atoms with Crippen LogP contribution in [0, 0.1) is 6.92 Å². The van der Waals surface area contributed by atoms with E-state index in [1.165, 1.54) is 0 Å². The smallest absolute Gasteiger partial charge is 0.340 e. The fourth-order valence-corrected chi connectivity index (χ4v) is 3.76. The summed E-state index contributed by atoms with van der Waals surface area (Å²) in [6.07, 6.45) is 0. The number of aromatic nitrogens is 1. The van der Waals surface area contributed by atoms with Gasteiger partial charge in [-0.25, -0.2) is 4.79 Å². The minimum absolute atomic E-state index is 0.0793. The van der Waals surface area contributed by atoms with Crippen molar-refractivity contribution < 1.29 is 14.3 Å². The standard InChI is InChI=1S/C22H19ClN2O4/c1-3-28-22(27)18-16(12-5-7-13(23)8-6-12)17-19(29-20(18)24)14-10-11(2)4-9-15(14)25-21(17)26/h4-10,16H,3,24H2,1-2H3,(H,25,26).